The van der Waals surface area contributed by atoms with E-state index in [-0.39, 0.29) is 6.61 Å². The number of aliphatic carboxylic acids is 1. The second kappa shape index (κ2) is 4.74. The lowest BCUT2D eigenvalue weighted by atomic mass is 9.95. The molecule has 0 aliphatic rings. The summed E-state index contributed by atoms with van der Waals surface area (Å²) in [5, 5.41) is 8.93. The number of carbonyl (C=O) groups is 1. The molecule has 0 atom stereocenters. The number of halogens is 1. The fraction of sp³-hybridized carbons (Fsp3) is 0.364. The summed E-state index contributed by atoms with van der Waals surface area (Å²) < 4.78 is 6.09. The maximum absolute atomic E-state index is 10.9. The van der Waals surface area contributed by atoms with Gasteiger partial charge in [-0.25, -0.2) is 0 Å². The van der Waals surface area contributed by atoms with E-state index in [2.05, 4.69) is 15.9 Å². The molecule has 0 amide bonds. The summed E-state index contributed by atoms with van der Waals surface area (Å²) in [6.07, 6.45) is 0. The first-order valence-electron chi connectivity index (χ1n) is 4.75. The number of rotatable bonds is 4. The van der Waals surface area contributed by atoms with Crippen LogP contribution >= 0.6 is 15.9 Å². The van der Waals surface area contributed by atoms with E-state index < -0.39 is 11.4 Å². The Labute approximate surface area is 103 Å². The van der Waals surface area contributed by atoms with Gasteiger partial charge in [-0.15, -0.1) is 0 Å². The highest BCUT2D eigenvalue weighted by molar-refractivity contribution is 9.10. The van der Waals surface area contributed by atoms with E-state index in [9.17, 15) is 4.79 Å². The van der Waals surface area contributed by atoms with Crippen molar-refractivity contribution in [2.24, 2.45) is 5.41 Å². The number of carboxylic acids is 1. The monoisotopic (exact) mass is 287 g/mol. The Morgan fingerprint density at radius 1 is 1.56 bits per heavy atom. The van der Waals surface area contributed by atoms with E-state index in [1.807, 2.05) is 0 Å². The summed E-state index contributed by atoms with van der Waals surface area (Å²) >= 11 is 3.29. The maximum atomic E-state index is 10.9. The van der Waals surface area contributed by atoms with E-state index >= 15 is 0 Å². The third-order valence-electron chi connectivity index (χ3n) is 2.16. The van der Waals surface area contributed by atoms with Crippen molar-refractivity contribution in [1.29, 1.82) is 0 Å². The summed E-state index contributed by atoms with van der Waals surface area (Å²) in [7, 11) is 0. The zero-order valence-electron chi connectivity index (χ0n) is 9.16. The fourth-order valence-corrected chi connectivity index (χ4v) is 1.34. The van der Waals surface area contributed by atoms with Crippen molar-refractivity contribution < 1.29 is 14.6 Å². The van der Waals surface area contributed by atoms with Crippen LogP contribution in [0.15, 0.2) is 22.7 Å². The van der Waals surface area contributed by atoms with Gasteiger partial charge in [-0.2, -0.15) is 0 Å². The Morgan fingerprint density at radius 3 is 2.75 bits per heavy atom. The number of nitrogen functional groups attached to an aromatic ring is 1. The van der Waals surface area contributed by atoms with Crippen LogP contribution in [0.5, 0.6) is 5.75 Å². The summed E-state index contributed by atoms with van der Waals surface area (Å²) in [5.41, 5.74) is 5.31. The minimum Gasteiger partial charge on any atom is -0.491 e. The van der Waals surface area contributed by atoms with E-state index in [4.69, 9.17) is 15.6 Å². The zero-order valence-corrected chi connectivity index (χ0v) is 10.7. The number of hydrogen-bond donors (Lipinski definition) is 2. The van der Waals surface area contributed by atoms with Crippen molar-refractivity contribution in [1.82, 2.24) is 0 Å². The molecule has 1 rings (SSSR count). The van der Waals surface area contributed by atoms with Gasteiger partial charge in [0.05, 0.1) is 9.89 Å². The van der Waals surface area contributed by atoms with E-state index in [0.717, 1.165) is 0 Å². The lowest BCUT2D eigenvalue weighted by molar-refractivity contribution is -0.148. The van der Waals surface area contributed by atoms with Crippen LogP contribution in [0.4, 0.5) is 5.69 Å². The molecule has 0 aliphatic heterocycles. The SMILES string of the molecule is CC(C)(COc1cccc(N)c1Br)C(=O)O. The summed E-state index contributed by atoms with van der Waals surface area (Å²) in [5.74, 6) is -0.346. The first-order valence-corrected chi connectivity index (χ1v) is 5.54. The molecule has 1 aromatic rings. The van der Waals surface area contributed by atoms with Crippen LogP contribution in [0.1, 0.15) is 13.8 Å². The molecule has 0 unspecified atom stereocenters. The number of ether oxygens (including phenoxy) is 1. The van der Waals surface area contributed by atoms with Gasteiger partial charge in [0.1, 0.15) is 12.4 Å². The zero-order chi connectivity index (χ0) is 12.3. The Balaban J connectivity index is 2.76. The molecule has 0 bridgehead atoms. The van der Waals surface area contributed by atoms with E-state index in [1.165, 1.54) is 0 Å². The molecule has 0 aromatic heterocycles. The lowest BCUT2D eigenvalue weighted by Crippen LogP contribution is -2.30. The molecule has 0 radical (unpaired) electrons. The van der Waals surface area contributed by atoms with Crippen molar-refractivity contribution in [2.45, 2.75) is 13.8 Å². The maximum Gasteiger partial charge on any atom is 0.312 e. The predicted octanol–water partition coefficient (Wildman–Crippen LogP) is 2.52. The van der Waals surface area contributed by atoms with Gasteiger partial charge in [0, 0.05) is 5.69 Å². The van der Waals surface area contributed by atoms with Gasteiger partial charge in [-0.3, -0.25) is 4.79 Å². The molecule has 0 fully saturated rings. The van der Waals surface area contributed by atoms with Gasteiger partial charge in [0.15, 0.2) is 0 Å². The second-order valence-corrected chi connectivity index (χ2v) is 4.93. The number of hydrogen-bond acceptors (Lipinski definition) is 3. The standard InChI is InChI=1S/C11H14BrNO3/c1-11(2,10(14)15)6-16-8-5-3-4-7(13)9(8)12/h3-5H,6,13H2,1-2H3,(H,14,15). The Kier molecular flexibility index (Phi) is 3.80. The van der Waals surface area contributed by atoms with Gasteiger partial charge in [-0.1, -0.05) is 6.07 Å². The highest BCUT2D eigenvalue weighted by Gasteiger charge is 2.28. The quantitative estimate of drug-likeness (QED) is 0.835. The molecule has 1 aromatic carbocycles. The van der Waals surface area contributed by atoms with Crippen LogP contribution in [0.25, 0.3) is 0 Å². The van der Waals surface area contributed by atoms with Gasteiger partial charge >= 0.3 is 5.97 Å². The van der Waals surface area contributed by atoms with Crippen LogP contribution in [0.3, 0.4) is 0 Å². The van der Waals surface area contributed by atoms with Crippen LogP contribution in [0, 0.1) is 5.41 Å². The smallest absolute Gasteiger partial charge is 0.312 e. The highest BCUT2D eigenvalue weighted by atomic mass is 79.9. The van der Waals surface area contributed by atoms with Crippen molar-refractivity contribution in [3.63, 3.8) is 0 Å². The number of benzene rings is 1. The molecule has 88 valence electrons. The molecular formula is C11H14BrNO3. The van der Waals surface area contributed by atoms with Crippen molar-refractivity contribution >= 4 is 27.6 Å². The minimum absolute atomic E-state index is 0.0877. The summed E-state index contributed by atoms with van der Waals surface area (Å²) in [4.78, 5) is 10.9. The first kappa shape index (κ1) is 12.8. The van der Waals surface area contributed by atoms with Crippen LogP contribution in [-0.2, 0) is 4.79 Å². The third-order valence-corrected chi connectivity index (χ3v) is 3.01. The molecule has 3 N–H and O–H groups in total. The van der Waals surface area contributed by atoms with Crippen LogP contribution in [-0.4, -0.2) is 17.7 Å². The van der Waals surface area contributed by atoms with E-state index in [0.29, 0.717) is 15.9 Å². The summed E-state index contributed by atoms with van der Waals surface area (Å²) in [6, 6.07) is 5.22. The fourth-order valence-electron chi connectivity index (χ4n) is 0.959. The van der Waals surface area contributed by atoms with Gasteiger partial charge in [-0.05, 0) is 41.9 Å². The minimum atomic E-state index is -0.927. The number of anilines is 1. The largest absolute Gasteiger partial charge is 0.491 e. The average molecular weight is 288 g/mol. The van der Waals surface area contributed by atoms with Crippen molar-refractivity contribution in [3.05, 3.63) is 22.7 Å². The molecule has 0 spiro atoms. The molecule has 0 aliphatic carbocycles. The van der Waals surface area contributed by atoms with Gasteiger partial charge in [0.25, 0.3) is 0 Å². The van der Waals surface area contributed by atoms with Gasteiger partial charge in [0.2, 0.25) is 0 Å². The first-order chi connectivity index (χ1) is 7.34. The second-order valence-electron chi connectivity index (χ2n) is 4.14. The van der Waals surface area contributed by atoms with Crippen LogP contribution in [0.2, 0.25) is 0 Å². The van der Waals surface area contributed by atoms with E-state index in [1.54, 1.807) is 32.0 Å². The lowest BCUT2D eigenvalue weighted by Gasteiger charge is -2.20. The highest BCUT2D eigenvalue weighted by Crippen LogP contribution is 2.31. The molecule has 16 heavy (non-hydrogen) atoms. The van der Waals surface area contributed by atoms with Crippen molar-refractivity contribution in [3.8, 4) is 5.75 Å². The molecule has 0 saturated heterocycles. The number of carboxylic acid groups (broad SMARTS) is 1. The number of nitrogens with two attached hydrogens (primary N) is 1. The predicted molar refractivity (Wildman–Crippen MR) is 65.5 cm³/mol. The molecular weight excluding hydrogens is 274 g/mol. The normalized spacial score (nSPS) is 11.2. The van der Waals surface area contributed by atoms with Crippen LogP contribution < -0.4 is 10.5 Å². The van der Waals surface area contributed by atoms with Gasteiger partial charge < -0.3 is 15.6 Å². The third kappa shape index (κ3) is 2.88. The Bertz CT molecular complexity index is 404. The topological polar surface area (TPSA) is 72.5 Å². The molecule has 5 heteroatoms. The van der Waals surface area contributed by atoms with Crippen molar-refractivity contribution in [2.75, 3.05) is 12.3 Å². The Hall–Kier alpha value is -1.23. The average Bonchev–Trinajstić information content (AvgIpc) is 2.20. The summed E-state index contributed by atoms with van der Waals surface area (Å²) in [6.45, 7) is 3.30. The molecule has 4 nitrogen and oxygen atoms in total. The Morgan fingerprint density at radius 2 is 2.19 bits per heavy atom. The molecule has 0 saturated carbocycles. The molecule has 0 heterocycles.